The topological polar surface area (TPSA) is 68.1 Å². The molecule has 0 atom stereocenters. The number of carbonyl (C=O) groups is 1. The first kappa shape index (κ1) is 15.7. The fourth-order valence-corrected chi connectivity index (χ4v) is 2.13. The molecule has 0 heterocycles. The Bertz CT molecular complexity index is 752. The third-order valence-electron chi connectivity index (χ3n) is 2.96. The Morgan fingerprint density at radius 3 is 2.55 bits per heavy atom. The number of para-hydroxylation sites is 1. The van der Waals surface area contributed by atoms with Gasteiger partial charge < -0.3 is 14.6 Å². The molecule has 0 fully saturated rings. The van der Waals surface area contributed by atoms with Crippen LogP contribution in [0.3, 0.4) is 0 Å². The number of isothiocyanates is 1. The van der Waals surface area contributed by atoms with Crippen LogP contribution in [0.4, 0.5) is 5.69 Å². The van der Waals surface area contributed by atoms with Crippen LogP contribution in [0.5, 0.6) is 17.2 Å². The molecule has 2 aromatic carbocycles. The Kier molecular flexibility index (Phi) is 4.88. The molecule has 5 nitrogen and oxygen atoms in total. The summed E-state index contributed by atoms with van der Waals surface area (Å²) in [4.78, 5) is 15.4. The van der Waals surface area contributed by atoms with Crippen molar-refractivity contribution in [2.75, 3.05) is 7.11 Å². The van der Waals surface area contributed by atoms with Gasteiger partial charge in [-0.25, -0.2) is 4.79 Å². The largest absolute Gasteiger partial charge is 0.492 e. The van der Waals surface area contributed by atoms with Crippen molar-refractivity contribution in [3.05, 3.63) is 47.5 Å². The van der Waals surface area contributed by atoms with Crippen LogP contribution < -0.4 is 9.47 Å². The van der Waals surface area contributed by atoms with Gasteiger partial charge in [-0.15, -0.1) is 0 Å². The number of aryl methyl sites for hydroxylation is 1. The van der Waals surface area contributed by atoms with Gasteiger partial charge in [-0.3, -0.25) is 0 Å². The van der Waals surface area contributed by atoms with Crippen molar-refractivity contribution in [3.8, 4) is 17.2 Å². The van der Waals surface area contributed by atoms with Crippen molar-refractivity contribution in [2.45, 2.75) is 6.92 Å². The Balaban J connectivity index is 2.65. The smallest absolute Gasteiger partial charge is 0.341 e. The quantitative estimate of drug-likeness (QED) is 0.660. The van der Waals surface area contributed by atoms with Crippen LogP contribution in [0.2, 0.25) is 0 Å². The van der Waals surface area contributed by atoms with Crippen molar-refractivity contribution >= 4 is 29.0 Å². The van der Waals surface area contributed by atoms with Gasteiger partial charge in [0.25, 0.3) is 0 Å². The number of methoxy groups -OCH3 is 1. The maximum atomic E-state index is 11.6. The van der Waals surface area contributed by atoms with E-state index >= 15 is 0 Å². The zero-order chi connectivity index (χ0) is 16.1. The molecule has 22 heavy (non-hydrogen) atoms. The minimum Gasteiger partial charge on any atom is -0.492 e. The number of carboxylic acids is 1. The molecule has 2 aromatic rings. The highest BCUT2D eigenvalue weighted by atomic mass is 32.1. The van der Waals surface area contributed by atoms with Crippen molar-refractivity contribution in [1.82, 2.24) is 0 Å². The molecule has 0 aliphatic heterocycles. The van der Waals surface area contributed by atoms with Gasteiger partial charge >= 0.3 is 5.97 Å². The molecule has 6 heteroatoms. The molecule has 0 aromatic heterocycles. The van der Waals surface area contributed by atoms with Gasteiger partial charge in [-0.05, 0) is 42.9 Å². The summed E-state index contributed by atoms with van der Waals surface area (Å²) in [5.74, 6) is -0.219. The number of thiocarbonyl (C=S) groups is 1. The van der Waals surface area contributed by atoms with E-state index in [-0.39, 0.29) is 17.0 Å². The highest BCUT2D eigenvalue weighted by molar-refractivity contribution is 7.78. The van der Waals surface area contributed by atoms with Crippen LogP contribution in [-0.4, -0.2) is 23.3 Å². The van der Waals surface area contributed by atoms with Crippen LogP contribution >= 0.6 is 12.2 Å². The molecule has 0 unspecified atom stereocenters. The lowest BCUT2D eigenvalue weighted by atomic mass is 10.1. The average Bonchev–Trinajstić information content (AvgIpc) is 2.50. The van der Waals surface area contributed by atoms with Crippen LogP contribution in [-0.2, 0) is 0 Å². The number of hydrogen-bond donors (Lipinski definition) is 1. The van der Waals surface area contributed by atoms with Gasteiger partial charge in [0, 0.05) is 0 Å². The van der Waals surface area contributed by atoms with E-state index < -0.39 is 5.97 Å². The lowest BCUT2D eigenvalue weighted by molar-refractivity contribution is 0.0693. The lowest BCUT2D eigenvalue weighted by Gasteiger charge is -2.15. The third-order valence-corrected chi connectivity index (χ3v) is 3.05. The molecule has 0 bridgehead atoms. The molecule has 0 spiro atoms. The highest BCUT2D eigenvalue weighted by Crippen LogP contribution is 2.42. The first-order valence-electron chi connectivity index (χ1n) is 6.34. The SMILES string of the molecule is COc1c(Oc2ccccc2)cc(C)c(N=C=S)c1C(=O)O. The second kappa shape index (κ2) is 6.85. The molecule has 0 saturated heterocycles. The molecule has 112 valence electrons. The normalized spacial score (nSPS) is 9.73. The van der Waals surface area contributed by atoms with Crippen molar-refractivity contribution in [2.24, 2.45) is 4.99 Å². The summed E-state index contributed by atoms with van der Waals surface area (Å²) >= 11 is 4.58. The number of ether oxygens (including phenoxy) is 2. The second-order valence-corrected chi connectivity index (χ2v) is 4.55. The Morgan fingerprint density at radius 1 is 1.32 bits per heavy atom. The minimum absolute atomic E-state index is 0.0888. The van der Waals surface area contributed by atoms with Gasteiger partial charge in [0.1, 0.15) is 11.3 Å². The molecule has 0 saturated carbocycles. The maximum Gasteiger partial charge on any atom is 0.341 e. The number of hydrogen-bond acceptors (Lipinski definition) is 5. The Labute approximate surface area is 132 Å². The minimum atomic E-state index is -1.18. The predicted molar refractivity (Wildman–Crippen MR) is 85.9 cm³/mol. The molecule has 1 N–H and O–H groups in total. The number of aromatic carboxylic acids is 1. The van der Waals surface area contributed by atoms with E-state index in [2.05, 4.69) is 22.4 Å². The number of carboxylic acid groups (broad SMARTS) is 1. The summed E-state index contributed by atoms with van der Waals surface area (Å²) in [5, 5.41) is 11.7. The van der Waals surface area contributed by atoms with Gasteiger partial charge in [0.15, 0.2) is 11.5 Å². The van der Waals surface area contributed by atoms with Crippen LogP contribution in [0.15, 0.2) is 41.4 Å². The average molecular weight is 315 g/mol. The number of rotatable bonds is 5. The standard InChI is InChI=1S/C16H13NO4S/c1-10-8-12(21-11-6-4-3-5-7-11)15(20-2)13(16(18)19)14(10)17-9-22/h3-8H,1-2H3,(H,18,19). The molecule has 2 rings (SSSR count). The zero-order valence-electron chi connectivity index (χ0n) is 12.0. The monoisotopic (exact) mass is 315 g/mol. The highest BCUT2D eigenvalue weighted by Gasteiger charge is 2.23. The van der Waals surface area contributed by atoms with Crippen molar-refractivity contribution in [3.63, 3.8) is 0 Å². The molecular formula is C16H13NO4S. The van der Waals surface area contributed by atoms with Gasteiger partial charge in [-0.2, -0.15) is 4.99 Å². The zero-order valence-corrected chi connectivity index (χ0v) is 12.8. The molecule has 0 aliphatic carbocycles. The van der Waals surface area contributed by atoms with Crippen LogP contribution in [0, 0.1) is 6.92 Å². The third kappa shape index (κ3) is 3.14. The molecule has 0 radical (unpaired) electrons. The fourth-order valence-electron chi connectivity index (χ4n) is 2.04. The van der Waals surface area contributed by atoms with Crippen molar-refractivity contribution in [1.29, 1.82) is 0 Å². The number of nitrogens with zero attached hydrogens (tertiary/aromatic N) is 1. The van der Waals surface area contributed by atoms with Crippen LogP contribution in [0.1, 0.15) is 15.9 Å². The van der Waals surface area contributed by atoms with E-state index in [9.17, 15) is 9.90 Å². The lowest BCUT2D eigenvalue weighted by Crippen LogP contribution is -2.04. The second-order valence-electron chi connectivity index (χ2n) is 4.37. The summed E-state index contributed by atoms with van der Waals surface area (Å²) in [5.41, 5.74) is 0.701. The first-order chi connectivity index (χ1) is 10.6. The van der Waals surface area contributed by atoms with E-state index in [1.807, 2.05) is 18.2 Å². The van der Waals surface area contributed by atoms with E-state index in [1.54, 1.807) is 25.1 Å². The summed E-state index contributed by atoms with van der Waals surface area (Å²) in [6.45, 7) is 1.72. The predicted octanol–water partition coefficient (Wildman–Crippen LogP) is 4.23. The summed E-state index contributed by atoms with van der Waals surface area (Å²) in [7, 11) is 1.37. The van der Waals surface area contributed by atoms with E-state index in [4.69, 9.17) is 9.47 Å². The number of aliphatic imine (C=N–C) groups is 1. The summed E-state index contributed by atoms with van der Waals surface area (Å²) in [6, 6.07) is 10.7. The van der Waals surface area contributed by atoms with E-state index in [0.717, 1.165) is 0 Å². The Hall–Kier alpha value is -2.69. The molecule has 0 aliphatic rings. The summed E-state index contributed by atoms with van der Waals surface area (Å²) < 4.78 is 11.0. The molecule has 0 amide bonds. The van der Waals surface area contributed by atoms with Gasteiger partial charge in [-0.1, -0.05) is 18.2 Å². The maximum absolute atomic E-state index is 11.6. The van der Waals surface area contributed by atoms with E-state index in [0.29, 0.717) is 17.1 Å². The summed E-state index contributed by atoms with van der Waals surface area (Å²) in [6.07, 6.45) is 0. The van der Waals surface area contributed by atoms with E-state index in [1.165, 1.54) is 7.11 Å². The van der Waals surface area contributed by atoms with Gasteiger partial charge in [0.05, 0.1) is 18.0 Å². The van der Waals surface area contributed by atoms with Crippen LogP contribution in [0.25, 0.3) is 0 Å². The van der Waals surface area contributed by atoms with Crippen molar-refractivity contribution < 1.29 is 19.4 Å². The Morgan fingerprint density at radius 2 is 2.00 bits per heavy atom. The fraction of sp³-hybridized carbons (Fsp3) is 0.125. The van der Waals surface area contributed by atoms with Gasteiger partial charge in [0.2, 0.25) is 0 Å². The number of benzene rings is 2. The first-order valence-corrected chi connectivity index (χ1v) is 6.75. The molecular weight excluding hydrogens is 302 g/mol.